The van der Waals surface area contributed by atoms with Gasteiger partial charge in [0.2, 0.25) is 0 Å². The Labute approximate surface area is 148 Å². The van der Waals surface area contributed by atoms with Crippen molar-refractivity contribution in [3.05, 3.63) is 52.8 Å². The molecule has 25 heavy (non-hydrogen) atoms. The van der Waals surface area contributed by atoms with Crippen molar-refractivity contribution < 1.29 is 18.8 Å². The number of carbonyl (C=O) groups is 3. The largest absolute Gasteiger partial charge is 0.441 e. The number of imide groups is 2. The topological polar surface area (TPSA) is 82.9 Å². The summed E-state index contributed by atoms with van der Waals surface area (Å²) in [5.41, 5.74) is 0.105. The molecular weight excluding hydrogens is 346 g/mol. The maximum atomic E-state index is 12.7. The van der Waals surface area contributed by atoms with Gasteiger partial charge in [-0.3, -0.25) is 14.9 Å². The molecule has 7 nitrogen and oxygen atoms in total. The van der Waals surface area contributed by atoms with Crippen molar-refractivity contribution in [3.8, 4) is 0 Å². The van der Waals surface area contributed by atoms with Crippen LogP contribution >= 0.6 is 11.6 Å². The first-order valence-corrected chi connectivity index (χ1v) is 7.69. The fourth-order valence-corrected chi connectivity index (χ4v) is 2.41. The summed E-state index contributed by atoms with van der Waals surface area (Å²) < 4.78 is 5.52. The van der Waals surface area contributed by atoms with Gasteiger partial charge in [0.25, 0.3) is 11.8 Å². The molecule has 1 fully saturated rings. The molecular formula is C17H14ClN3O4. The number of anilines is 2. The van der Waals surface area contributed by atoms with Crippen LogP contribution in [0, 0.1) is 0 Å². The molecule has 0 atom stereocenters. The lowest BCUT2D eigenvalue weighted by Gasteiger charge is -2.26. The fourth-order valence-electron chi connectivity index (χ4n) is 2.28. The van der Waals surface area contributed by atoms with Crippen molar-refractivity contribution in [2.45, 2.75) is 0 Å². The van der Waals surface area contributed by atoms with Crippen LogP contribution in [0.5, 0.6) is 0 Å². The normalized spacial score (nSPS) is 16.4. The van der Waals surface area contributed by atoms with Gasteiger partial charge in [0.05, 0.1) is 5.69 Å². The number of urea groups is 1. The lowest BCUT2D eigenvalue weighted by molar-refractivity contribution is -0.122. The number of carbonyl (C=O) groups excluding carboxylic acids is 3. The molecule has 3 rings (SSSR count). The van der Waals surface area contributed by atoms with Crippen LogP contribution in [0.1, 0.15) is 5.76 Å². The molecule has 1 N–H and O–H groups in total. The predicted octanol–water partition coefficient (Wildman–Crippen LogP) is 2.67. The van der Waals surface area contributed by atoms with E-state index in [-0.39, 0.29) is 5.57 Å². The van der Waals surface area contributed by atoms with E-state index in [4.69, 9.17) is 16.0 Å². The van der Waals surface area contributed by atoms with E-state index in [9.17, 15) is 14.4 Å². The van der Waals surface area contributed by atoms with Crippen molar-refractivity contribution in [3.63, 3.8) is 0 Å². The number of barbiturate groups is 1. The minimum atomic E-state index is -0.817. The molecule has 1 saturated heterocycles. The molecule has 2 heterocycles. The first-order valence-electron chi connectivity index (χ1n) is 7.31. The molecule has 1 aliphatic rings. The predicted molar refractivity (Wildman–Crippen MR) is 93.5 cm³/mol. The van der Waals surface area contributed by atoms with Crippen molar-refractivity contribution in [1.82, 2.24) is 5.32 Å². The first kappa shape index (κ1) is 16.8. The highest BCUT2D eigenvalue weighted by Crippen LogP contribution is 2.24. The maximum Gasteiger partial charge on any atom is 0.335 e. The van der Waals surface area contributed by atoms with Crippen LogP contribution in [-0.4, -0.2) is 31.9 Å². The van der Waals surface area contributed by atoms with E-state index in [1.165, 1.54) is 18.2 Å². The zero-order valence-corrected chi connectivity index (χ0v) is 14.2. The van der Waals surface area contributed by atoms with E-state index in [0.717, 1.165) is 4.90 Å². The Balaban J connectivity index is 1.97. The van der Waals surface area contributed by atoms with Crippen LogP contribution in [0.3, 0.4) is 0 Å². The number of furan rings is 1. The highest BCUT2D eigenvalue weighted by atomic mass is 35.5. The highest BCUT2D eigenvalue weighted by molar-refractivity contribution is 6.39. The van der Waals surface area contributed by atoms with Crippen LogP contribution in [0.25, 0.3) is 6.08 Å². The number of hydrogen-bond donors (Lipinski definition) is 1. The molecule has 0 spiro atoms. The second kappa shape index (κ2) is 6.45. The highest BCUT2D eigenvalue weighted by Gasteiger charge is 2.37. The second-order valence-electron chi connectivity index (χ2n) is 5.50. The van der Waals surface area contributed by atoms with E-state index in [1.54, 1.807) is 43.3 Å². The standard InChI is InChI=1S/C17H14ClN3O4/c1-20(2)14-8-7-12(25-14)9-13-15(22)19-17(24)21(16(13)23)11-5-3-10(18)4-6-11/h3-9H,1-2H3,(H,19,22,24)/b13-9-. The van der Waals surface area contributed by atoms with Crippen molar-refractivity contribution >= 4 is 47.1 Å². The third-order valence-electron chi connectivity index (χ3n) is 3.53. The van der Waals surface area contributed by atoms with Crippen LogP contribution in [0.4, 0.5) is 16.4 Å². The summed E-state index contributed by atoms with van der Waals surface area (Å²) >= 11 is 5.82. The first-order chi connectivity index (χ1) is 11.9. The minimum absolute atomic E-state index is 0.200. The SMILES string of the molecule is CN(C)c1ccc(/C=C2/C(=O)NC(=O)N(c3ccc(Cl)cc3)C2=O)o1. The quantitative estimate of drug-likeness (QED) is 0.673. The van der Waals surface area contributed by atoms with Crippen molar-refractivity contribution in [1.29, 1.82) is 0 Å². The van der Waals surface area contributed by atoms with Crippen molar-refractivity contribution in [2.24, 2.45) is 0 Å². The van der Waals surface area contributed by atoms with Crippen LogP contribution in [-0.2, 0) is 9.59 Å². The van der Waals surface area contributed by atoms with E-state index >= 15 is 0 Å². The summed E-state index contributed by atoms with van der Waals surface area (Å²) in [6.45, 7) is 0. The minimum Gasteiger partial charge on any atom is -0.441 e. The summed E-state index contributed by atoms with van der Waals surface area (Å²) in [6, 6.07) is 8.66. The van der Waals surface area contributed by atoms with Gasteiger partial charge in [0.15, 0.2) is 5.88 Å². The molecule has 0 bridgehead atoms. The summed E-state index contributed by atoms with van der Waals surface area (Å²) in [5, 5.41) is 2.61. The number of rotatable bonds is 3. The fraction of sp³-hybridized carbons (Fsp3) is 0.118. The van der Waals surface area contributed by atoms with Crippen LogP contribution in [0.2, 0.25) is 5.02 Å². The van der Waals surface area contributed by atoms with Gasteiger partial charge in [-0.2, -0.15) is 0 Å². The number of halogens is 1. The van der Waals surface area contributed by atoms with Gasteiger partial charge < -0.3 is 9.32 Å². The monoisotopic (exact) mass is 359 g/mol. The number of nitrogens with zero attached hydrogens (tertiary/aromatic N) is 2. The van der Waals surface area contributed by atoms with Crippen LogP contribution < -0.4 is 15.1 Å². The third kappa shape index (κ3) is 3.27. The zero-order valence-electron chi connectivity index (χ0n) is 13.4. The summed E-state index contributed by atoms with van der Waals surface area (Å²) in [4.78, 5) is 39.4. The molecule has 4 amide bonds. The molecule has 8 heteroatoms. The summed E-state index contributed by atoms with van der Waals surface area (Å²) in [5.74, 6) is -0.615. The molecule has 128 valence electrons. The number of benzene rings is 1. The van der Waals surface area contributed by atoms with Gasteiger partial charge in [-0.15, -0.1) is 0 Å². The number of hydrogen-bond acceptors (Lipinski definition) is 5. The number of amides is 4. The maximum absolute atomic E-state index is 12.7. The summed E-state index contributed by atoms with van der Waals surface area (Å²) in [7, 11) is 3.60. The Bertz CT molecular complexity index is 884. The van der Waals surface area contributed by atoms with Crippen molar-refractivity contribution in [2.75, 3.05) is 23.9 Å². The Morgan fingerprint density at radius 2 is 1.76 bits per heavy atom. The van der Waals surface area contributed by atoms with Gasteiger partial charge in [-0.25, -0.2) is 9.69 Å². The average Bonchev–Trinajstić information content (AvgIpc) is 3.02. The lowest BCUT2D eigenvalue weighted by Crippen LogP contribution is -2.54. The third-order valence-corrected chi connectivity index (χ3v) is 3.78. The smallest absolute Gasteiger partial charge is 0.335 e. The molecule has 0 unspecified atom stereocenters. The Morgan fingerprint density at radius 3 is 2.36 bits per heavy atom. The molecule has 1 aliphatic heterocycles. The molecule has 0 radical (unpaired) electrons. The van der Waals surface area contributed by atoms with Gasteiger partial charge in [0, 0.05) is 25.2 Å². The van der Waals surface area contributed by atoms with Gasteiger partial charge in [0.1, 0.15) is 11.3 Å². The summed E-state index contributed by atoms with van der Waals surface area (Å²) in [6.07, 6.45) is 1.31. The van der Waals surface area contributed by atoms with Crippen LogP contribution in [0.15, 0.2) is 46.4 Å². The number of nitrogens with one attached hydrogen (secondary N) is 1. The van der Waals surface area contributed by atoms with Gasteiger partial charge >= 0.3 is 6.03 Å². The lowest BCUT2D eigenvalue weighted by atomic mass is 10.1. The molecule has 1 aromatic carbocycles. The Kier molecular flexibility index (Phi) is 4.33. The van der Waals surface area contributed by atoms with Gasteiger partial charge in [-0.05, 0) is 36.4 Å². The molecule has 0 saturated carbocycles. The van der Waals surface area contributed by atoms with E-state index in [2.05, 4.69) is 5.32 Å². The Hall–Kier alpha value is -3.06. The zero-order chi connectivity index (χ0) is 18.1. The average molecular weight is 360 g/mol. The van der Waals surface area contributed by atoms with E-state index in [0.29, 0.717) is 22.4 Å². The molecule has 0 aliphatic carbocycles. The molecule has 1 aromatic heterocycles. The molecule has 2 aromatic rings. The van der Waals surface area contributed by atoms with E-state index < -0.39 is 17.8 Å². The van der Waals surface area contributed by atoms with Gasteiger partial charge in [-0.1, -0.05) is 11.6 Å². The second-order valence-corrected chi connectivity index (χ2v) is 5.94. The Morgan fingerprint density at radius 1 is 1.08 bits per heavy atom. The van der Waals surface area contributed by atoms with E-state index in [1.807, 2.05) is 0 Å².